The van der Waals surface area contributed by atoms with Crippen molar-refractivity contribution in [2.24, 2.45) is 0 Å². The molecule has 1 amide bonds. The summed E-state index contributed by atoms with van der Waals surface area (Å²) in [6.45, 7) is 2.84. The summed E-state index contributed by atoms with van der Waals surface area (Å²) in [4.78, 5) is 13.3. The average molecular weight is 205 g/mol. The first kappa shape index (κ1) is 11.8. The molecule has 0 aromatic heterocycles. The van der Waals surface area contributed by atoms with Gasteiger partial charge in [0.05, 0.1) is 0 Å². The standard InChI is InChI=1S/C13H19NO/c1-3-7-13(15)14(2)11-10-12-8-5-4-6-9-12/h4-6,8-9H,3,7,10-11H2,1-2H3. The molecule has 2 nitrogen and oxygen atoms in total. The van der Waals surface area contributed by atoms with Crippen LogP contribution in [0.25, 0.3) is 0 Å². The van der Waals surface area contributed by atoms with E-state index in [9.17, 15) is 4.79 Å². The van der Waals surface area contributed by atoms with Gasteiger partial charge in [0.15, 0.2) is 0 Å². The smallest absolute Gasteiger partial charge is 0.222 e. The van der Waals surface area contributed by atoms with Crippen LogP contribution in [-0.2, 0) is 11.2 Å². The minimum absolute atomic E-state index is 0.244. The van der Waals surface area contributed by atoms with Gasteiger partial charge in [0.25, 0.3) is 0 Å². The molecular formula is C13H19NO. The van der Waals surface area contributed by atoms with Gasteiger partial charge in [0.1, 0.15) is 0 Å². The van der Waals surface area contributed by atoms with Crippen LogP contribution in [0.5, 0.6) is 0 Å². The van der Waals surface area contributed by atoms with Crippen molar-refractivity contribution in [3.05, 3.63) is 35.9 Å². The molecule has 0 spiro atoms. The number of rotatable bonds is 5. The molecule has 0 aliphatic rings. The first-order chi connectivity index (χ1) is 7.24. The molecule has 1 aromatic carbocycles. The van der Waals surface area contributed by atoms with E-state index in [-0.39, 0.29) is 5.91 Å². The zero-order valence-corrected chi connectivity index (χ0v) is 9.57. The van der Waals surface area contributed by atoms with Gasteiger partial charge in [-0.05, 0) is 18.4 Å². The summed E-state index contributed by atoms with van der Waals surface area (Å²) in [6, 6.07) is 10.3. The predicted octanol–water partition coefficient (Wildman–Crippen LogP) is 2.49. The maximum Gasteiger partial charge on any atom is 0.222 e. The number of carbonyl (C=O) groups is 1. The normalized spacial score (nSPS) is 10.0. The first-order valence-electron chi connectivity index (χ1n) is 5.52. The van der Waals surface area contributed by atoms with Crippen molar-refractivity contribution in [1.82, 2.24) is 4.90 Å². The van der Waals surface area contributed by atoms with Gasteiger partial charge < -0.3 is 4.90 Å². The second kappa shape index (κ2) is 6.23. The Morgan fingerprint density at radius 3 is 2.53 bits per heavy atom. The molecule has 0 aliphatic heterocycles. The van der Waals surface area contributed by atoms with Crippen LogP contribution in [0.1, 0.15) is 25.3 Å². The number of hydrogen-bond acceptors (Lipinski definition) is 1. The Morgan fingerprint density at radius 2 is 1.93 bits per heavy atom. The summed E-state index contributed by atoms with van der Waals surface area (Å²) < 4.78 is 0. The minimum Gasteiger partial charge on any atom is -0.345 e. The van der Waals surface area contributed by atoms with E-state index in [1.807, 2.05) is 37.1 Å². The summed E-state index contributed by atoms with van der Waals surface area (Å²) in [6.07, 6.45) is 2.52. The molecule has 0 radical (unpaired) electrons. The molecule has 0 fully saturated rings. The second-order valence-corrected chi connectivity index (χ2v) is 3.80. The van der Waals surface area contributed by atoms with Crippen LogP contribution in [0.2, 0.25) is 0 Å². The van der Waals surface area contributed by atoms with Gasteiger partial charge in [-0.15, -0.1) is 0 Å². The van der Waals surface area contributed by atoms with Crippen molar-refractivity contribution < 1.29 is 4.79 Å². The topological polar surface area (TPSA) is 20.3 Å². The molecule has 0 atom stereocenters. The lowest BCUT2D eigenvalue weighted by atomic mass is 10.1. The fourth-order valence-corrected chi connectivity index (χ4v) is 1.47. The van der Waals surface area contributed by atoms with Gasteiger partial charge in [-0.2, -0.15) is 0 Å². The fraction of sp³-hybridized carbons (Fsp3) is 0.462. The monoisotopic (exact) mass is 205 g/mol. The van der Waals surface area contributed by atoms with E-state index in [2.05, 4.69) is 12.1 Å². The second-order valence-electron chi connectivity index (χ2n) is 3.80. The van der Waals surface area contributed by atoms with E-state index >= 15 is 0 Å². The average Bonchev–Trinajstić information content (AvgIpc) is 2.27. The zero-order chi connectivity index (χ0) is 11.1. The van der Waals surface area contributed by atoms with Crippen molar-refractivity contribution >= 4 is 5.91 Å². The van der Waals surface area contributed by atoms with E-state index in [0.29, 0.717) is 6.42 Å². The number of carbonyl (C=O) groups excluding carboxylic acids is 1. The SMILES string of the molecule is CCCC(=O)N(C)CCc1ccccc1. The van der Waals surface area contributed by atoms with Crippen molar-refractivity contribution in [3.8, 4) is 0 Å². The highest BCUT2D eigenvalue weighted by Gasteiger charge is 2.06. The van der Waals surface area contributed by atoms with Gasteiger partial charge >= 0.3 is 0 Å². The van der Waals surface area contributed by atoms with Crippen LogP contribution in [-0.4, -0.2) is 24.4 Å². The molecule has 2 heteroatoms. The van der Waals surface area contributed by atoms with Gasteiger partial charge in [0.2, 0.25) is 5.91 Å². The Bertz CT molecular complexity index is 295. The summed E-state index contributed by atoms with van der Waals surface area (Å²) in [5.74, 6) is 0.244. The van der Waals surface area contributed by atoms with Crippen LogP contribution in [0, 0.1) is 0 Å². The third-order valence-corrected chi connectivity index (χ3v) is 2.47. The third kappa shape index (κ3) is 4.15. The number of benzene rings is 1. The largest absolute Gasteiger partial charge is 0.345 e. The first-order valence-corrected chi connectivity index (χ1v) is 5.52. The molecule has 0 unspecified atom stereocenters. The maximum absolute atomic E-state index is 11.5. The Labute approximate surface area is 91.9 Å². The van der Waals surface area contributed by atoms with E-state index in [1.165, 1.54) is 5.56 Å². The van der Waals surface area contributed by atoms with Gasteiger partial charge in [-0.3, -0.25) is 4.79 Å². The van der Waals surface area contributed by atoms with Crippen LogP contribution < -0.4 is 0 Å². The molecule has 0 heterocycles. The van der Waals surface area contributed by atoms with Gasteiger partial charge in [-0.1, -0.05) is 37.3 Å². The van der Waals surface area contributed by atoms with E-state index in [4.69, 9.17) is 0 Å². The molecule has 82 valence electrons. The van der Waals surface area contributed by atoms with Crippen molar-refractivity contribution in [2.75, 3.05) is 13.6 Å². The Hall–Kier alpha value is -1.31. The molecule has 0 saturated heterocycles. The summed E-state index contributed by atoms with van der Waals surface area (Å²) in [5.41, 5.74) is 1.29. The van der Waals surface area contributed by atoms with Crippen LogP contribution in [0.15, 0.2) is 30.3 Å². The molecule has 0 bridgehead atoms. The minimum atomic E-state index is 0.244. The molecule has 15 heavy (non-hydrogen) atoms. The molecule has 0 N–H and O–H groups in total. The lowest BCUT2D eigenvalue weighted by molar-refractivity contribution is -0.129. The summed E-state index contributed by atoms with van der Waals surface area (Å²) in [7, 11) is 1.88. The molecular weight excluding hydrogens is 186 g/mol. The van der Waals surface area contributed by atoms with Crippen LogP contribution in [0.4, 0.5) is 0 Å². The molecule has 1 rings (SSSR count). The molecule has 0 saturated carbocycles. The number of likely N-dealkylation sites (N-methyl/N-ethyl adjacent to an activating group) is 1. The van der Waals surface area contributed by atoms with Crippen molar-refractivity contribution in [2.45, 2.75) is 26.2 Å². The highest BCUT2D eigenvalue weighted by Crippen LogP contribution is 2.02. The number of hydrogen-bond donors (Lipinski definition) is 0. The third-order valence-electron chi connectivity index (χ3n) is 2.47. The number of amides is 1. The summed E-state index contributed by atoms with van der Waals surface area (Å²) in [5, 5.41) is 0. The zero-order valence-electron chi connectivity index (χ0n) is 9.57. The van der Waals surface area contributed by atoms with Gasteiger partial charge in [0, 0.05) is 20.0 Å². The highest BCUT2D eigenvalue weighted by atomic mass is 16.2. The summed E-state index contributed by atoms with van der Waals surface area (Å²) >= 11 is 0. The molecule has 0 aliphatic carbocycles. The molecule has 1 aromatic rings. The Kier molecular flexibility index (Phi) is 4.88. The van der Waals surface area contributed by atoms with E-state index in [1.54, 1.807) is 0 Å². The maximum atomic E-state index is 11.5. The highest BCUT2D eigenvalue weighted by molar-refractivity contribution is 5.75. The van der Waals surface area contributed by atoms with E-state index in [0.717, 1.165) is 19.4 Å². The van der Waals surface area contributed by atoms with Crippen molar-refractivity contribution in [1.29, 1.82) is 0 Å². The quantitative estimate of drug-likeness (QED) is 0.723. The van der Waals surface area contributed by atoms with Crippen LogP contribution in [0.3, 0.4) is 0 Å². The van der Waals surface area contributed by atoms with Crippen LogP contribution >= 0.6 is 0 Å². The Balaban J connectivity index is 2.34. The van der Waals surface area contributed by atoms with Gasteiger partial charge in [-0.25, -0.2) is 0 Å². The van der Waals surface area contributed by atoms with Crippen molar-refractivity contribution in [3.63, 3.8) is 0 Å². The number of nitrogens with zero attached hydrogens (tertiary/aromatic N) is 1. The fourth-order valence-electron chi connectivity index (χ4n) is 1.47. The Morgan fingerprint density at radius 1 is 1.27 bits per heavy atom. The predicted molar refractivity (Wildman–Crippen MR) is 62.7 cm³/mol. The lowest BCUT2D eigenvalue weighted by Gasteiger charge is -2.16. The lowest BCUT2D eigenvalue weighted by Crippen LogP contribution is -2.28. The van der Waals surface area contributed by atoms with E-state index < -0.39 is 0 Å².